The molecule has 0 amide bonds. The second-order valence-electron chi connectivity index (χ2n) is 7.60. The van der Waals surface area contributed by atoms with Gasteiger partial charge < -0.3 is 9.30 Å². The van der Waals surface area contributed by atoms with Crippen molar-refractivity contribution in [2.45, 2.75) is 51.3 Å². The molecule has 0 N–H and O–H groups in total. The Labute approximate surface area is 182 Å². The standard InChI is InChI=1S/C25H27N3OS/c1-5-28-24(19(4)29-22-14-17(2)13-18(3)15-22)26-27-25(28)30-16-21-11-8-10-20-9-6-7-12-23(20)21/h6-15,19H,5,16H2,1-4H3. The summed E-state index contributed by atoms with van der Waals surface area (Å²) in [5.41, 5.74) is 3.70. The first kappa shape index (κ1) is 20.5. The summed E-state index contributed by atoms with van der Waals surface area (Å²) in [5.74, 6) is 2.58. The van der Waals surface area contributed by atoms with Gasteiger partial charge >= 0.3 is 0 Å². The third-order valence-corrected chi connectivity index (χ3v) is 6.19. The molecule has 0 aliphatic carbocycles. The van der Waals surface area contributed by atoms with Crippen molar-refractivity contribution in [2.24, 2.45) is 0 Å². The molecule has 0 saturated heterocycles. The highest BCUT2D eigenvalue weighted by atomic mass is 32.2. The average molecular weight is 418 g/mol. The highest BCUT2D eigenvalue weighted by Gasteiger charge is 2.19. The van der Waals surface area contributed by atoms with E-state index >= 15 is 0 Å². The largest absolute Gasteiger partial charge is 0.483 e. The molecule has 1 aromatic heterocycles. The van der Waals surface area contributed by atoms with Gasteiger partial charge in [-0.3, -0.25) is 0 Å². The van der Waals surface area contributed by atoms with E-state index < -0.39 is 0 Å². The maximum absolute atomic E-state index is 6.21. The van der Waals surface area contributed by atoms with Crippen LogP contribution in [0.15, 0.2) is 65.8 Å². The number of fused-ring (bicyclic) bond motifs is 1. The number of nitrogens with zero attached hydrogens (tertiary/aromatic N) is 3. The van der Waals surface area contributed by atoms with Gasteiger partial charge in [0.15, 0.2) is 17.1 Å². The van der Waals surface area contributed by atoms with Crippen molar-refractivity contribution in [1.29, 1.82) is 0 Å². The van der Waals surface area contributed by atoms with E-state index in [0.717, 1.165) is 29.0 Å². The van der Waals surface area contributed by atoms with Crippen LogP contribution >= 0.6 is 11.8 Å². The first-order chi connectivity index (χ1) is 14.5. The van der Waals surface area contributed by atoms with Gasteiger partial charge in [-0.25, -0.2) is 0 Å². The molecule has 4 aromatic rings. The molecule has 0 saturated carbocycles. The van der Waals surface area contributed by atoms with E-state index in [2.05, 4.69) is 96.2 Å². The van der Waals surface area contributed by atoms with Crippen LogP contribution in [-0.2, 0) is 12.3 Å². The Morgan fingerprint density at radius 2 is 1.70 bits per heavy atom. The third kappa shape index (κ3) is 4.36. The topological polar surface area (TPSA) is 39.9 Å². The molecule has 0 fully saturated rings. The molecule has 5 heteroatoms. The number of ether oxygens (including phenoxy) is 1. The minimum Gasteiger partial charge on any atom is -0.483 e. The van der Waals surface area contributed by atoms with Gasteiger partial charge in [0.1, 0.15) is 5.75 Å². The molecule has 0 aliphatic rings. The molecule has 1 atom stereocenters. The zero-order chi connectivity index (χ0) is 21.1. The van der Waals surface area contributed by atoms with Crippen LogP contribution in [0.5, 0.6) is 5.75 Å². The molecule has 3 aromatic carbocycles. The minimum atomic E-state index is -0.175. The SMILES string of the molecule is CCn1c(SCc2cccc3ccccc23)nnc1C(C)Oc1cc(C)cc(C)c1. The minimum absolute atomic E-state index is 0.175. The highest BCUT2D eigenvalue weighted by molar-refractivity contribution is 7.98. The molecule has 0 aliphatic heterocycles. The second-order valence-corrected chi connectivity index (χ2v) is 8.54. The van der Waals surface area contributed by atoms with Gasteiger partial charge in [-0.2, -0.15) is 0 Å². The van der Waals surface area contributed by atoms with Crippen LogP contribution < -0.4 is 4.74 Å². The highest BCUT2D eigenvalue weighted by Crippen LogP contribution is 2.29. The Bertz CT molecular complexity index is 1140. The maximum Gasteiger partial charge on any atom is 0.191 e. The number of hydrogen-bond donors (Lipinski definition) is 0. The zero-order valence-electron chi connectivity index (χ0n) is 17.9. The second kappa shape index (κ2) is 8.92. The lowest BCUT2D eigenvalue weighted by molar-refractivity contribution is 0.209. The normalized spacial score (nSPS) is 12.3. The zero-order valence-corrected chi connectivity index (χ0v) is 18.7. The van der Waals surface area contributed by atoms with Gasteiger partial charge in [0.25, 0.3) is 0 Å². The fraction of sp³-hybridized carbons (Fsp3) is 0.280. The number of rotatable bonds is 7. The lowest BCUT2D eigenvalue weighted by Gasteiger charge is -2.16. The Balaban J connectivity index is 1.53. The van der Waals surface area contributed by atoms with E-state index in [0.29, 0.717) is 0 Å². The Hall–Kier alpha value is -2.79. The number of aromatic nitrogens is 3. The van der Waals surface area contributed by atoms with Gasteiger partial charge in [0.2, 0.25) is 0 Å². The van der Waals surface area contributed by atoms with Crippen LogP contribution in [0.2, 0.25) is 0 Å². The third-order valence-electron chi connectivity index (χ3n) is 5.17. The predicted molar refractivity (Wildman–Crippen MR) is 124 cm³/mol. The number of benzene rings is 3. The van der Waals surface area contributed by atoms with Crippen molar-refractivity contribution in [2.75, 3.05) is 0 Å². The van der Waals surface area contributed by atoms with Crippen molar-refractivity contribution < 1.29 is 4.74 Å². The van der Waals surface area contributed by atoms with Gasteiger partial charge in [-0.05, 0) is 67.3 Å². The molecule has 1 heterocycles. The van der Waals surface area contributed by atoms with E-state index in [4.69, 9.17) is 4.74 Å². The Morgan fingerprint density at radius 1 is 0.967 bits per heavy atom. The Kier molecular flexibility index (Phi) is 6.09. The van der Waals surface area contributed by atoms with Crippen LogP contribution in [0.3, 0.4) is 0 Å². The fourth-order valence-corrected chi connectivity index (χ4v) is 4.84. The van der Waals surface area contributed by atoms with E-state index in [9.17, 15) is 0 Å². The number of hydrogen-bond acceptors (Lipinski definition) is 4. The monoisotopic (exact) mass is 417 g/mol. The van der Waals surface area contributed by atoms with E-state index in [1.54, 1.807) is 11.8 Å². The smallest absolute Gasteiger partial charge is 0.191 e. The van der Waals surface area contributed by atoms with Crippen LogP contribution in [0.25, 0.3) is 10.8 Å². The predicted octanol–water partition coefficient (Wildman–Crippen LogP) is 6.50. The van der Waals surface area contributed by atoms with Crippen molar-refractivity contribution >= 4 is 22.5 Å². The quantitative estimate of drug-likeness (QED) is 0.322. The number of thioether (sulfide) groups is 1. The lowest BCUT2D eigenvalue weighted by Crippen LogP contribution is -2.12. The molecule has 0 radical (unpaired) electrons. The average Bonchev–Trinajstić information content (AvgIpc) is 3.14. The fourth-order valence-electron chi connectivity index (χ4n) is 3.82. The molecular formula is C25H27N3OS. The summed E-state index contributed by atoms with van der Waals surface area (Å²) in [5, 5.41) is 12.4. The van der Waals surface area contributed by atoms with Crippen molar-refractivity contribution in [1.82, 2.24) is 14.8 Å². The summed E-state index contributed by atoms with van der Waals surface area (Å²) in [7, 11) is 0. The first-order valence-electron chi connectivity index (χ1n) is 10.3. The van der Waals surface area contributed by atoms with E-state index in [1.165, 1.54) is 27.5 Å². The summed E-state index contributed by atoms with van der Waals surface area (Å²) in [6.45, 7) is 9.13. The number of aryl methyl sites for hydroxylation is 2. The van der Waals surface area contributed by atoms with Crippen molar-refractivity contribution in [3.05, 3.63) is 83.2 Å². The summed E-state index contributed by atoms with van der Waals surface area (Å²) in [4.78, 5) is 0. The van der Waals surface area contributed by atoms with Crippen molar-refractivity contribution in [3.8, 4) is 5.75 Å². The van der Waals surface area contributed by atoms with Gasteiger partial charge in [0, 0.05) is 12.3 Å². The van der Waals surface area contributed by atoms with Crippen LogP contribution in [-0.4, -0.2) is 14.8 Å². The van der Waals surface area contributed by atoms with Gasteiger partial charge in [-0.15, -0.1) is 10.2 Å². The van der Waals surface area contributed by atoms with Gasteiger partial charge in [-0.1, -0.05) is 60.3 Å². The van der Waals surface area contributed by atoms with Crippen LogP contribution in [0.1, 0.15) is 42.5 Å². The molecular weight excluding hydrogens is 390 g/mol. The molecule has 0 bridgehead atoms. The van der Waals surface area contributed by atoms with Crippen molar-refractivity contribution in [3.63, 3.8) is 0 Å². The first-order valence-corrected chi connectivity index (χ1v) is 11.3. The Morgan fingerprint density at radius 3 is 2.47 bits per heavy atom. The van der Waals surface area contributed by atoms with E-state index in [1.807, 2.05) is 6.92 Å². The molecule has 30 heavy (non-hydrogen) atoms. The summed E-state index contributed by atoms with van der Waals surface area (Å²) < 4.78 is 8.36. The van der Waals surface area contributed by atoms with Crippen LogP contribution in [0, 0.1) is 13.8 Å². The van der Waals surface area contributed by atoms with Crippen LogP contribution in [0.4, 0.5) is 0 Å². The molecule has 4 nitrogen and oxygen atoms in total. The summed E-state index contributed by atoms with van der Waals surface area (Å²) in [6, 6.07) is 21.2. The maximum atomic E-state index is 6.21. The molecule has 1 unspecified atom stereocenters. The molecule has 4 rings (SSSR count). The summed E-state index contributed by atoms with van der Waals surface area (Å²) in [6.07, 6.45) is -0.175. The molecule has 0 spiro atoms. The summed E-state index contributed by atoms with van der Waals surface area (Å²) >= 11 is 1.72. The molecule has 154 valence electrons. The van der Waals surface area contributed by atoms with E-state index in [-0.39, 0.29) is 6.10 Å². The van der Waals surface area contributed by atoms with Gasteiger partial charge in [0.05, 0.1) is 0 Å². The lowest BCUT2D eigenvalue weighted by atomic mass is 10.1.